The molecule has 9 heteroatoms. The predicted octanol–water partition coefficient (Wildman–Crippen LogP) is 2.30. The monoisotopic (exact) mass is 444 g/mol. The summed E-state index contributed by atoms with van der Waals surface area (Å²) in [5.74, 6) is 0.798. The fourth-order valence-corrected chi connectivity index (χ4v) is 5.60. The molecule has 1 N–H and O–H groups in total. The van der Waals surface area contributed by atoms with Gasteiger partial charge in [-0.2, -0.15) is 4.31 Å². The van der Waals surface area contributed by atoms with Crippen molar-refractivity contribution in [3.05, 3.63) is 48.0 Å². The molecular weight excluding hydrogens is 416 g/mol. The fraction of sp³-hybridized carbons (Fsp3) is 0.409. The van der Waals surface area contributed by atoms with Crippen molar-refractivity contribution in [2.24, 2.45) is 0 Å². The highest BCUT2D eigenvalue weighted by Gasteiger charge is 2.31. The summed E-state index contributed by atoms with van der Waals surface area (Å²) in [6.45, 7) is 5.10. The van der Waals surface area contributed by atoms with Crippen molar-refractivity contribution in [3.63, 3.8) is 0 Å². The van der Waals surface area contributed by atoms with Crippen molar-refractivity contribution in [1.82, 2.24) is 9.62 Å². The fourth-order valence-electron chi connectivity index (χ4n) is 4.12. The Labute approximate surface area is 183 Å². The lowest BCUT2D eigenvalue weighted by Gasteiger charge is -2.35. The maximum Gasteiger partial charge on any atom is 0.321 e. The van der Waals surface area contributed by atoms with E-state index >= 15 is 0 Å². The first-order chi connectivity index (χ1) is 14.9. The lowest BCUT2D eigenvalue weighted by molar-refractivity contribution is 0.247. The second-order valence-electron chi connectivity index (χ2n) is 7.62. The van der Waals surface area contributed by atoms with Crippen LogP contribution in [0, 0.1) is 0 Å². The molecule has 2 aliphatic heterocycles. The maximum absolute atomic E-state index is 13.2. The van der Waals surface area contributed by atoms with Gasteiger partial charge in [-0.3, -0.25) is 4.90 Å². The molecule has 1 fully saturated rings. The molecule has 2 aromatic carbocycles. The number of amides is 2. The Morgan fingerprint density at radius 1 is 1.03 bits per heavy atom. The van der Waals surface area contributed by atoms with Gasteiger partial charge in [-0.05, 0) is 61.4 Å². The van der Waals surface area contributed by atoms with Crippen molar-refractivity contribution in [2.75, 3.05) is 56.2 Å². The van der Waals surface area contributed by atoms with Crippen LogP contribution in [-0.4, -0.2) is 65.1 Å². The molecule has 31 heavy (non-hydrogen) atoms. The Morgan fingerprint density at radius 2 is 1.74 bits per heavy atom. The summed E-state index contributed by atoms with van der Waals surface area (Å²) in [5, 5.41) is 2.80. The molecule has 8 nitrogen and oxygen atoms in total. The molecule has 0 aromatic heterocycles. The van der Waals surface area contributed by atoms with E-state index < -0.39 is 10.0 Å². The first-order valence-electron chi connectivity index (χ1n) is 10.5. The molecule has 2 aromatic rings. The topological polar surface area (TPSA) is 82.2 Å². The van der Waals surface area contributed by atoms with Crippen LogP contribution < -0.4 is 19.9 Å². The minimum Gasteiger partial charge on any atom is -0.497 e. The average molecular weight is 445 g/mol. The standard InChI is InChI=1S/C22H28N4O4S/c1-3-23-22(27)26-11-10-17-16-20(8-9-21(17)26)31(28,29)25-14-12-24(13-15-25)18-4-6-19(30-2)7-5-18/h4-9,16H,3,10-15H2,1-2H3,(H,23,27). The Kier molecular flexibility index (Phi) is 6.06. The van der Waals surface area contributed by atoms with Crippen molar-refractivity contribution in [2.45, 2.75) is 18.2 Å². The zero-order chi connectivity index (χ0) is 22.0. The molecule has 0 bridgehead atoms. The number of fused-ring (bicyclic) bond motifs is 1. The number of rotatable bonds is 5. The number of carbonyl (C=O) groups is 1. The molecule has 4 rings (SSSR count). The van der Waals surface area contributed by atoms with E-state index in [4.69, 9.17) is 4.74 Å². The maximum atomic E-state index is 13.2. The number of nitrogens with zero attached hydrogens (tertiary/aromatic N) is 3. The SMILES string of the molecule is CCNC(=O)N1CCc2cc(S(=O)(=O)N3CCN(c4ccc(OC)cc4)CC3)ccc21. The third kappa shape index (κ3) is 4.20. The lowest BCUT2D eigenvalue weighted by Crippen LogP contribution is -2.48. The van der Waals surface area contributed by atoms with Crippen molar-refractivity contribution in [3.8, 4) is 5.75 Å². The minimum atomic E-state index is -3.58. The largest absolute Gasteiger partial charge is 0.497 e. The first-order valence-corrected chi connectivity index (χ1v) is 12.0. The van der Waals surface area contributed by atoms with E-state index in [0.29, 0.717) is 50.6 Å². The van der Waals surface area contributed by atoms with E-state index in [-0.39, 0.29) is 6.03 Å². The Bertz CT molecular complexity index is 1050. The van der Waals surface area contributed by atoms with E-state index in [1.807, 2.05) is 31.2 Å². The van der Waals surface area contributed by atoms with Gasteiger partial charge in [0.15, 0.2) is 0 Å². The third-order valence-corrected chi connectivity index (χ3v) is 7.73. The number of hydrogen-bond donors (Lipinski definition) is 1. The molecule has 1 saturated heterocycles. The van der Waals surface area contributed by atoms with Gasteiger partial charge in [0.2, 0.25) is 10.0 Å². The number of anilines is 2. The van der Waals surface area contributed by atoms with Crippen LogP contribution in [0.3, 0.4) is 0 Å². The Balaban J connectivity index is 1.45. The predicted molar refractivity (Wildman–Crippen MR) is 121 cm³/mol. The molecule has 0 unspecified atom stereocenters. The average Bonchev–Trinajstić information content (AvgIpc) is 3.23. The number of sulfonamides is 1. The molecule has 0 radical (unpaired) electrons. The molecule has 0 saturated carbocycles. The zero-order valence-electron chi connectivity index (χ0n) is 17.9. The van der Waals surface area contributed by atoms with Gasteiger partial charge in [-0.25, -0.2) is 13.2 Å². The van der Waals surface area contributed by atoms with Crippen LogP contribution in [0.25, 0.3) is 0 Å². The summed E-state index contributed by atoms with van der Waals surface area (Å²) in [4.78, 5) is 16.3. The molecule has 2 amide bonds. The van der Waals surface area contributed by atoms with E-state index in [2.05, 4.69) is 10.2 Å². The highest BCUT2D eigenvalue weighted by molar-refractivity contribution is 7.89. The van der Waals surface area contributed by atoms with Crippen molar-refractivity contribution in [1.29, 1.82) is 0 Å². The van der Waals surface area contributed by atoms with Crippen molar-refractivity contribution < 1.29 is 17.9 Å². The summed E-state index contributed by atoms with van der Waals surface area (Å²) in [6, 6.07) is 12.7. The van der Waals surface area contributed by atoms with Crippen LogP contribution in [0.1, 0.15) is 12.5 Å². The van der Waals surface area contributed by atoms with Crippen LogP contribution >= 0.6 is 0 Å². The first kappa shape index (κ1) is 21.5. The summed E-state index contributed by atoms with van der Waals surface area (Å²) in [5.41, 5.74) is 2.74. The van der Waals surface area contributed by atoms with Gasteiger partial charge in [0.25, 0.3) is 0 Å². The van der Waals surface area contributed by atoms with Gasteiger partial charge >= 0.3 is 6.03 Å². The van der Waals surface area contributed by atoms with Gasteiger partial charge in [0.05, 0.1) is 12.0 Å². The van der Waals surface area contributed by atoms with E-state index in [1.54, 1.807) is 34.5 Å². The number of piperazine rings is 1. The second-order valence-corrected chi connectivity index (χ2v) is 9.55. The van der Waals surface area contributed by atoms with E-state index in [0.717, 1.165) is 22.7 Å². The van der Waals surface area contributed by atoms with Gasteiger partial charge in [-0.15, -0.1) is 0 Å². The number of hydrogen-bond acceptors (Lipinski definition) is 5. The highest BCUT2D eigenvalue weighted by Crippen LogP contribution is 2.31. The summed E-state index contributed by atoms with van der Waals surface area (Å²) < 4.78 is 33.2. The molecule has 2 heterocycles. The molecular formula is C22H28N4O4S. The van der Waals surface area contributed by atoms with E-state index in [1.165, 1.54) is 0 Å². The normalized spacial score (nSPS) is 16.8. The highest BCUT2D eigenvalue weighted by atomic mass is 32.2. The second kappa shape index (κ2) is 8.76. The number of ether oxygens (including phenoxy) is 1. The molecule has 0 aliphatic carbocycles. The quantitative estimate of drug-likeness (QED) is 0.765. The minimum absolute atomic E-state index is 0.147. The molecule has 2 aliphatic rings. The zero-order valence-corrected chi connectivity index (χ0v) is 18.7. The number of benzene rings is 2. The van der Waals surface area contributed by atoms with Crippen LogP contribution in [0.15, 0.2) is 47.4 Å². The van der Waals surface area contributed by atoms with Crippen LogP contribution in [-0.2, 0) is 16.4 Å². The van der Waals surface area contributed by atoms with Gasteiger partial charge in [0, 0.05) is 50.6 Å². The van der Waals surface area contributed by atoms with Crippen LogP contribution in [0.2, 0.25) is 0 Å². The number of methoxy groups -OCH3 is 1. The number of nitrogens with one attached hydrogen (secondary N) is 1. The van der Waals surface area contributed by atoms with Gasteiger partial charge < -0.3 is 15.0 Å². The van der Waals surface area contributed by atoms with Gasteiger partial charge in [0.1, 0.15) is 5.75 Å². The smallest absolute Gasteiger partial charge is 0.321 e. The summed E-state index contributed by atoms with van der Waals surface area (Å²) in [7, 11) is -1.95. The summed E-state index contributed by atoms with van der Waals surface area (Å²) in [6.07, 6.45) is 0.654. The Hall–Kier alpha value is -2.78. The van der Waals surface area contributed by atoms with Crippen LogP contribution in [0.4, 0.5) is 16.2 Å². The van der Waals surface area contributed by atoms with Crippen LogP contribution in [0.5, 0.6) is 5.75 Å². The van der Waals surface area contributed by atoms with E-state index in [9.17, 15) is 13.2 Å². The molecule has 0 spiro atoms. The molecule has 166 valence electrons. The Morgan fingerprint density at radius 3 is 2.39 bits per heavy atom. The van der Waals surface area contributed by atoms with Gasteiger partial charge in [-0.1, -0.05) is 0 Å². The number of urea groups is 1. The lowest BCUT2D eigenvalue weighted by atomic mass is 10.2. The molecule has 0 atom stereocenters. The number of carbonyl (C=O) groups excluding carboxylic acids is 1. The summed E-state index contributed by atoms with van der Waals surface area (Å²) >= 11 is 0. The third-order valence-electron chi connectivity index (χ3n) is 5.83. The van der Waals surface area contributed by atoms with Crippen molar-refractivity contribution >= 4 is 27.4 Å².